The van der Waals surface area contributed by atoms with Gasteiger partial charge in [0.15, 0.2) is 11.8 Å². The molecule has 0 aliphatic carbocycles. The molecule has 2 amide bonds. The van der Waals surface area contributed by atoms with Crippen LogP contribution in [-0.4, -0.2) is 55.8 Å². The van der Waals surface area contributed by atoms with Crippen LogP contribution >= 0.6 is 0 Å². The third-order valence-corrected chi connectivity index (χ3v) is 7.48. The van der Waals surface area contributed by atoms with E-state index in [1.807, 2.05) is 37.3 Å². The Morgan fingerprint density at radius 2 is 2.02 bits per heavy atom. The van der Waals surface area contributed by atoms with Gasteiger partial charge in [0.25, 0.3) is 5.91 Å². The van der Waals surface area contributed by atoms with Crippen molar-refractivity contribution in [2.45, 2.75) is 58.0 Å². The molecule has 1 fully saturated rings. The summed E-state index contributed by atoms with van der Waals surface area (Å²) in [5.41, 5.74) is 1.47. The SMILES string of the molecule is CC(=O)OC1CC(=O)N1c1cccc(CN2C(=O)[C@@](O)([C@@H](C)/C=C/CCn3cc(CCO)nn3)c3ccccc32)c1. The van der Waals surface area contributed by atoms with Gasteiger partial charge in [0, 0.05) is 49.9 Å². The standard InChI is InChI=1S/C30H33N5O6/c1-20(8-5-6-14-33-19-23(13-15-36)31-32-33)30(40)25-11-3-4-12-26(25)34(29(30)39)18-22-9-7-10-24(16-22)35-27(38)17-28(35)41-21(2)37/h3-5,7-12,16,19-20,28,36,40H,6,13-15,17-18H2,1-2H3/b8-5+/t20-,28?,30+/m0/s1. The minimum atomic E-state index is -1.75. The molecule has 5 rings (SSSR count). The number of para-hydroxylation sites is 1. The lowest BCUT2D eigenvalue weighted by atomic mass is 9.83. The van der Waals surface area contributed by atoms with Crippen LogP contribution in [0.2, 0.25) is 0 Å². The molecule has 0 radical (unpaired) electrons. The number of ether oxygens (including phenoxy) is 1. The minimum Gasteiger partial charge on any atom is -0.441 e. The Bertz CT molecular complexity index is 1490. The van der Waals surface area contributed by atoms with Crippen molar-refractivity contribution in [3.05, 3.63) is 83.7 Å². The molecular weight excluding hydrogens is 526 g/mol. The molecular formula is C30H33N5O6. The Balaban J connectivity index is 1.31. The van der Waals surface area contributed by atoms with Crippen LogP contribution in [0.15, 0.2) is 66.9 Å². The van der Waals surface area contributed by atoms with Gasteiger partial charge in [0.1, 0.15) is 0 Å². The van der Waals surface area contributed by atoms with Gasteiger partial charge in [-0.2, -0.15) is 0 Å². The molecule has 41 heavy (non-hydrogen) atoms. The maximum atomic E-state index is 13.8. The van der Waals surface area contributed by atoms with Crippen molar-refractivity contribution in [3.8, 4) is 0 Å². The number of nitrogens with zero attached hydrogens (tertiary/aromatic N) is 5. The van der Waals surface area contributed by atoms with Gasteiger partial charge in [0.2, 0.25) is 5.91 Å². The molecule has 0 saturated carbocycles. The van der Waals surface area contributed by atoms with Crippen molar-refractivity contribution in [2.75, 3.05) is 16.4 Å². The molecule has 0 spiro atoms. The smallest absolute Gasteiger partial charge is 0.304 e. The number of carbonyl (C=O) groups is 3. The van der Waals surface area contributed by atoms with Gasteiger partial charge >= 0.3 is 5.97 Å². The summed E-state index contributed by atoms with van der Waals surface area (Å²) in [4.78, 5) is 40.5. The number of hydrogen-bond donors (Lipinski definition) is 2. The number of carbonyl (C=O) groups excluding carboxylic acids is 3. The summed E-state index contributed by atoms with van der Waals surface area (Å²) in [5, 5.41) is 29.0. The molecule has 3 atom stereocenters. The summed E-state index contributed by atoms with van der Waals surface area (Å²) < 4.78 is 6.93. The third-order valence-electron chi connectivity index (χ3n) is 7.48. The van der Waals surface area contributed by atoms with Crippen LogP contribution in [0.4, 0.5) is 11.4 Å². The van der Waals surface area contributed by atoms with E-state index in [1.54, 1.807) is 46.1 Å². The van der Waals surface area contributed by atoms with E-state index in [0.717, 1.165) is 11.3 Å². The van der Waals surface area contributed by atoms with Crippen molar-refractivity contribution in [1.82, 2.24) is 15.0 Å². The van der Waals surface area contributed by atoms with E-state index in [2.05, 4.69) is 10.3 Å². The van der Waals surface area contributed by atoms with Crippen molar-refractivity contribution < 1.29 is 29.3 Å². The Kier molecular flexibility index (Phi) is 8.00. The monoisotopic (exact) mass is 559 g/mol. The highest BCUT2D eigenvalue weighted by Gasteiger charge is 2.52. The number of rotatable bonds is 11. The molecule has 2 N–H and O–H groups in total. The van der Waals surface area contributed by atoms with Crippen LogP contribution in [0.1, 0.15) is 43.5 Å². The van der Waals surface area contributed by atoms with Gasteiger partial charge in [-0.15, -0.1) is 5.10 Å². The number of esters is 1. The summed E-state index contributed by atoms with van der Waals surface area (Å²) in [6.45, 7) is 3.89. The van der Waals surface area contributed by atoms with Crippen molar-refractivity contribution in [1.29, 1.82) is 0 Å². The first-order valence-electron chi connectivity index (χ1n) is 13.6. The fourth-order valence-electron chi connectivity index (χ4n) is 5.35. The quantitative estimate of drug-likeness (QED) is 0.208. The zero-order chi connectivity index (χ0) is 29.1. The summed E-state index contributed by atoms with van der Waals surface area (Å²) >= 11 is 0. The summed E-state index contributed by atoms with van der Waals surface area (Å²) in [6, 6.07) is 14.4. The first kappa shape index (κ1) is 28.2. The number of hydrogen-bond acceptors (Lipinski definition) is 8. The first-order chi connectivity index (χ1) is 19.7. The van der Waals surface area contributed by atoms with Crippen molar-refractivity contribution in [2.24, 2.45) is 5.92 Å². The van der Waals surface area contributed by atoms with Crippen LogP contribution in [0, 0.1) is 5.92 Å². The molecule has 3 heterocycles. The zero-order valence-electron chi connectivity index (χ0n) is 23.0. The Morgan fingerprint density at radius 3 is 2.78 bits per heavy atom. The highest BCUT2D eigenvalue weighted by molar-refractivity contribution is 6.07. The van der Waals surface area contributed by atoms with E-state index in [1.165, 1.54) is 11.8 Å². The molecule has 2 aliphatic heterocycles. The lowest BCUT2D eigenvalue weighted by Gasteiger charge is -2.39. The number of β-lactam (4-membered cyclic amide) rings is 1. The molecule has 1 saturated heterocycles. The molecule has 214 valence electrons. The third kappa shape index (κ3) is 5.50. The fourth-order valence-corrected chi connectivity index (χ4v) is 5.35. The second-order valence-electron chi connectivity index (χ2n) is 10.3. The molecule has 11 nitrogen and oxygen atoms in total. The maximum Gasteiger partial charge on any atom is 0.304 e. The number of aliphatic hydroxyl groups is 2. The average molecular weight is 560 g/mol. The molecule has 11 heteroatoms. The van der Waals surface area contributed by atoms with Crippen molar-refractivity contribution >= 4 is 29.2 Å². The number of benzene rings is 2. The average Bonchev–Trinajstić information content (AvgIpc) is 3.48. The second-order valence-corrected chi connectivity index (χ2v) is 10.3. The molecule has 0 bridgehead atoms. The number of aliphatic hydroxyl groups excluding tert-OH is 1. The second kappa shape index (κ2) is 11.6. The summed E-state index contributed by atoms with van der Waals surface area (Å²) in [6.07, 6.45) is 6.11. The van der Waals surface area contributed by atoms with E-state index >= 15 is 0 Å². The Morgan fingerprint density at radius 1 is 1.22 bits per heavy atom. The van der Waals surface area contributed by atoms with E-state index < -0.39 is 29.6 Å². The van der Waals surface area contributed by atoms with Crippen LogP contribution in [0.3, 0.4) is 0 Å². The topological polar surface area (TPSA) is 138 Å². The normalized spacial score (nSPS) is 20.8. The van der Waals surface area contributed by atoms with Crippen molar-refractivity contribution in [3.63, 3.8) is 0 Å². The number of aromatic nitrogens is 3. The van der Waals surface area contributed by atoms with Crippen LogP contribution in [0.25, 0.3) is 0 Å². The number of anilines is 2. The summed E-state index contributed by atoms with van der Waals surface area (Å²) in [7, 11) is 0. The van der Waals surface area contributed by atoms with E-state index in [9.17, 15) is 19.5 Å². The molecule has 2 aromatic carbocycles. The van der Waals surface area contributed by atoms with Crippen LogP contribution in [-0.2, 0) is 44.2 Å². The maximum absolute atomic E-state index is 13.8. The van der Waals surface area contributed by atoms with Crippen LogP contribution < -0.4 is 9.80 Å². The Hall–Kier alpha value is -4.35. The number of fused-ring (bicyclic) bond motifs is 1. The number of allylic oxidation sites excluding steroid dienone is 1. The molecule has 3 aromatic rings. The predicted octanol–water partition coefficient (Wildman–Crippen LogP) is 2.46. The zero-order valence-corrected chi connectivity index (χ0v) is 23.0. The van der Waals surface area contributed by atoms with E-state index in [4.69, 9.17) is 9.84 Å². The fraction of sp³-hybridized carbons (Fsp3) is 0.367. The van der Waals surface area contributed by atoms with Gasteiger partial charge in [-0.05, 0) is 30.2 Å². The highest BCUT2D eigenvalue weighted by atomic mass is 16.6. The van der Waals surface area contributed by atoms with Gasteiger partial charge in [-0.1, -0.05) is 54.6 Å². The predicted molar refractivity (Wildman–Crippen MR) is 149 cm³/mol. The van der Waals surface area contributed by atoms with E-state index in [-0.39, 0.29) is 25.5 Å². The lowest BCUT2D eigenvalue weighted by Crippen LogP contribution is -2.54. The minimum absolute atomic E-state index is 0.0152. The summed E-state index contributed by atoms with van der Waals surface area (Å²) in [5.74, 6) is -1.56. The van der Waals surface area contributed by atoms with Gasteiger partial charge in [-0.3, -0.25) is 24.0 Å². The number of aryl methyl sites for hydroxylation is 1. The molecule has 2 aliphatic rings. The molecule has 1 unspecified atom stereocenters. The number of amides is 2. The van der Waals surface area contributed by atoms with Gasteiger partial charge < -0.3 is 19.8 Å². The highest BCUT2D eigenvalue weighted by Crippen LogP contribution is 2.45. The van der Waals surface area contributed by atoms with Gasteiger partial charge in [0.05, 0.1) is 24.3 Å². The molecule has 1 aromatic heterocycles. The lowest BCUT2D eigenvalue weighted by molar-refractivity contribution is -0.153. The first-order valence-corrected chi connectivity index (χ1v) is 13.6. The van der Waals surface area contributed by atoms with Gasteiger partial charge in [-0.25, -0.2) is 0 Å². The largest absolute Gasteiger partial charge is 0.441 e. The van der Waals surface area contributed by atoms with E-state index in [0.29, 0.717) is 36.3 Å². The Labute approximate surface area is 237 Å². The van der Waals surface area contributed by atoms with Crippen LogP contribution in [0.5, 0.6) is 0 Å².